The standard InChI is InChI=1S/C25H38N4O2S2/c30-23(24-26-11-16-33-24)27-22(19-32-18-21-9-5-2-6-10-21)25(31)29-14-12-28(13-15-29)17-20-7-3-1-4-8-20/h1,3-4,7-8,21-22,24,26H,2,5-6,9-19H2,(H,27,30)/t22-,24?/m0/s1. The first-order valence-corrected chi connectivity index (χ1v) is 14.7. The van der Waals surface area contributed by atoms with Gasteiger partial charge in [-0.15, -0.1) is 11.8 Å². The summed E-state index contributed by atoms with van der Waals surface area (Å²) in [6.45, 7) is 4.96. The molecule has 1 saturated carbocycles. The van der Waals surface area contributed by atoms with Gasteiger partial charge in [0.25, 0.3) is 0 Å². The lowest BCUT2D eigenvalue weighted by Crippen LogP contribution is -2.57. The third-order valence-corrected chi connectivity index (χ3v) is 9.29. The molecule has 2 aliphatic heterocycles. The van der Waals surface area contributed by atoms with Crippen LogP contribution in [-0.4, -0.2) is 83.0 Å². The van der Waals surface area contributed by atoms with Gasteiger partial charge in [0.05, 0.1) is 0 Å². The van der Waals surface area contributed by atoms with Gasteiger partial charge >= 0.3 is 0 Å². The van der Waals surface area contributed by atoms with Gasteiger partial charge in [0, 0.05) is 50.8 Å². The first kappa shape index (κ1) is 24.9. The molecule has 33 heavy (non-hydrogen) atoms. The second-order valence-corrected chi connectivity index (χ2v) is 11.7. The Balaban J connectivity index is 1.29. The highest BCUT2D eigenvalue weighted by Gasteiger charge is 2.32. The maximum Gasteiger partial charge on any atom is 0.248 e. The van der Waals surface area contributed by atoms with Gasteiger partial charge < -0.3 is 10.2 Å². The van der Waals surface area contributed by atoms with E-state index in [-0.39, 0.29) is 17.2 Å². The molecule has 2 N–H and O–H groups in total. The molecule has 2 amide bonds. The minimum Gasteiger partial charge on any atom is -0.341 e. The molecule has 3 aliphatic rings. The third kappa shape index (κ3) is 7.64. The van der Waals surface area contributed by atoms with Crippen LogP contribution in [0.4, 0.5) is 0 Å². The van der Waals surface area contributed by atoms with E-state index in [1.54, 1.807) is 11.8 Å². The quantitative estimate of drug-likeness (QED) is 0.555. The van der Waals surface area contributed by atoms with Crippen molar-refractivity contribution < 1.29 is 9.59 Å². The summed E-state index contributed by atoms with van der Waals surface area (Å²) in [7, 11) is 0. The fraction of sp³-hybridized carbons (Fsp3) is 0.680. The lowest BCUT2D eigenvalue weighted by atomic mass is 9.91. The van der Waals surface area contributed by atoms with Crippen molar-refractivity contribution in [3.63, 3.8) is 0 Å². The SMILES string of the molecule is O=C(N[C@@H](CSCC1CCCCC1)C(=O)N1CCN(Cc2ccccc2)CC1)C1NCCS1. The molecule has 8 heteroatoms. The second kappa shape index (κ2) is 13.0. The van der Waals surface area contributed by atoms with Crippen LogP contribution in [0, 0.1) is 5.92 Å². The maximum absolute atomic E-state index is 13.4. The predicted molar refractivity (Wildman–Crippen MR) is 138 cm³/mol. The zero-order valence-corrected chi connectivity index (χ0v) is 21.2. The summed E-state index contributed by atoms with van der Waals surface area (Å²) in [5.41, 5.74) is 1.31. The molecule has 2 saturated heterocycles. The number of amides is 2. The van der Waals surface area contributed by atoms with Crippen molar-refractivity contribution in [2.75, 3.05) is 50.0 Å². The Morgan fingerprint density at radius 1 is 1.09 bits per heavy atom. The number of benzene rings is 1. The highest BCUT2D eigenvalue weighted by molar-refractivity contribution is 8.00. The Hall–Kier alpha value is -1.22. The van der Waals surface area contributed by atoms with E-state index in [2.05, 4.69) is 39.8 Å². The maximum atomic E-state index is 13.4. The lowest BCUT2D eigenvalue weighted by Gasteiger charge is -2.36. The molecule has 1 unspecified atom stereocenters. The predicted octanol–water partition coefficient (Wildman–Crippen LogP) is 2.79. The van der Waals surface area contributed by atoms with Gasteiger partial charge in [-0.25, -0.2) is 0 Å². The number of carbonyl (C=O) groups is 2. The van der Waals surface area contributed by atoms with E-state index in [1.165, 1.54) is 37.7 Å². The fourth-order valence-electron chi connectivity index (χ4n) is 4.91. The summed E-state index contributed by atoms with van der Waals surface area (Å²) in [5, 5.41) is 6.10. The Labute approximate surface area is 207 Å². The zero-order valence-electron chi connectivity index (χ0n) is 19.5. The Kier molecular flexibility index (Phi) is 9.82. The Morgan fingerprint density at radius 2 is 1.85 bits per heavy atom. The molecule has 4 rings (SSSR count). The van der Waals surface area contributed by atoms with Crippen molar-refractivity contribution in [1.82, 2.24) is 20.4 Å². The minimum absolute atomic E-state index is 0.0446. The summed E-state index contributed by atoms with van der Waals surface area (Å²) in [5.74, 6) is 3.52. The van der Waals surface area contributed by atoms with Crippen LogP contribution in [0.15, 0.2) is 30.3 Å². The van der Waals surface area contributed by atoms with E-state index >= 15 is 0 Å². The van der Waals surface area contributed by atoms with Gasteiger partial charge in [-0.3, -0.25) is 19.8 Å². The van der Waals surface area contributed by atoms with Crippen LogP contribution in [0.3, 0.4) is 0 Å². The molecule has 3 fully saturated rings. The molecule has 2 atom stereocenters. The summed E-state index contributed by atoms with van der Waals surface area (Å²) in [6, 6.07) is 10.1. The molecule has 0 aromatic heterocycles. The van der Waals surface area contributed by atoms with Crippen LogP contribution in [0.1, 0.15) is 37.7 Å². The van der Waals surface area contributed by atoms with Crippen molar-refractivity contribution >= 4 is 35.3 Å². The number of hydrogen-bond acceptors (Lipinski definition) is 6. The minimum atomic E-state index is -0.435. The van der Waals surface area contributed by atoms with Gasteiger partial charge in [0.2, 0.25) is 11.8 Å². The largest absolute Gasteiger partial charge is 0.341 e. The fourth-order valence-corrected chi connectivity index (χ4v) is 7.10. The smallest absolute Gasteiger partial charge is 0.248 e. The number of carbonyl (C=O) groups excluding carboxylic acids is 2. The molecule has 1 aromatic carbocycles. The average molecular weight is 491 g/mol. The van der Waals surface area contributed by atoms with E-state index in [1.807, 2.05) is 22.7 Å². The zero-order chi connectivity index (χ0) is 22.9. The van der Waals surface area contributed by atoms with Crippen molar-refractivity contribution in [1.29, 1.82) is 0 Å². The summed E-state index contributed by atoms with van der Waals surface area (Å²) in [6.07, 6.45) is 6.65. The van der Waals surface area contributed by atoms with E-state index in [0.29, 0.717) is 5.75 Å². The topological polar surface area (TPSA) is 64.7 Å². The van der Waals surface area contributed by atoms with Crippen LogP contribution in [0.2, 0.25) is 0 Å². The number of rotatable bonds is 9. The Morgan fingerprint density at radius 3 is 2.55 bits per heavy atom. The van der Waals surface area contributed by atoms with Crippen molar-refractivity contribution in [3.8, 4) is 0 Å². The van der Waals surface area contributed by atoms with Gasteiger partial charge in [-0.1, -0.05) is 49.6 Å². The van der Waals surface area contributed by atoms with Gasteiger partial charge in [-0.05, 0) is 30.1 Å². The molecule has 6 nitrogen and oxygen atoms in total. The van der Waals surface area contributed by atoms with Crippen molar-refractivity contribution in [2.45, 2.75) is 50.1 Å². The van der Waals surface area contributed by atoms with Crippen molar-refractivity contribution in [2.24, 2.45) is 5.92 Å². The number of piperazine rings is 1. The monoisotopic (exact) mass is 490 g/mol. The number of nitrogens with zero attached hydrogens (tertiary/aromatic N) is 2. The molecule has 0 radical (unpaired) electrons. The van der Waals surface area contributed by atoms with E-state index < -0.39 is 6.04 Å². The van der Waals surface area contributed by atoms with Gasteiger partial charge in [-0.2, -0.15) is 11.8 Å². The second-order valence-electron chi connectivity index (χ2n) is 9.39. The summed E-state index contributed by atoms with van der Waals surface area (Å²) >= 11 is 3.47. The van der Waals surface area contributed by atoms with Crippen molar-refractivity contribution in [3.05, 3.63) is 35.9 Å². The average Bonchev–Trinajstić information content (AvgIpc) is 3.40. The molecule has 0 spiro atoms. The first-order valence-electron chi connectivity index (χ1n) is 12.5. The van der Waals surface area contributed by atoms with Crippen LogP contribution in [-0.2, 0) is 16.1 Å². The van der Waals surface area contributed by atoms with Gasteiger partial charge in [0.1, 0.15) is 11.4 Å². The summed E-state index contributed by atoms with van der Waals surface area (Å²) in [4.78, 5) is 30.6. The molecule has 2 heterocycles. The summed E-state index contributed by atoms with van der Waals surface area (Å²) < 4.78 is 0. The van der Waals surface area contributed by atoms with E-state index in [9.17, 15) is 9.59 Å². The highest BCUT2D eigenvalue weighted by atomic mass is 32.2. The lowest BCUT2D eigenvalue weighted by molar-refractivity contribution is -0.137. The van der Waals surface area contributed by atoms with Crippen LogP contribution >= 0.6 is 23.5 Å². The number of nitrogens with one attached hydrogen (secondary N) is 2. The van der Waals surface area contributed by atoms with E-state index in [0.717, 1.165) is 56.7 Å². The molecule has 0 bridgehead atoms. The highest BCUT2D eigenvalue weighted by Crippen LogP contribution is 2.27. The van der Waals surface area contributed by atoms with Crippen LogP contribution < -0.4 is 10.6 Å². The van der Waals surface area contributed by atoms with Crippen LogP contribution in [0.5, 0.6) is 0 Å². The van der Waals surface area contributed by atoms with Crippen LogP contribution in [0.25, 0.3) is 0 Å². The van der Waals surface area contributed by atoms with Gasteiger partial charge in [0.15, 0.2) is 0 Å². The molecule has 1 aliphatic carbocycles. The third-order valence-electron chi connectivity index (χ3n) is 6.86. The molecular formula is C25H38N4O2S2. The number of hydrogen-bond donors (Lipinski definition) is 2. The number of thioether (sulfide) groups is 2. The molecular weight excluding hydrogens is 452 g/mol. The normalized spacial score (nSPS) is 23.4. The van der Waals surface area contributed by atoms with E-state index in [4.69, 9.17) is 0 Å². The molecule has 1 aromatic rings. The first-order chi connectivity index (χ1) is 16.2. The molecule has 182 valence electrons. The Bertz CT molecular complexity index is 746.